The van der Waals surface area contributed by atoms with Crippen molar-refractivity contribution in [2.75, 3.05) is 19.0 Å². The van der Waals surface area contributed by atoms with Crippen LogP contribution in [0.2, 0.25) is 0 Å². The fraction of sp³-hybridized carbons (Fsp3) is 0.188. The molecule has 0 aliphatic carbocycles. The van der Waals surface area contributed by atoms with Crippen LogP contribution >= 0.6 is 0 Å². The van der Waals surface area contributed by atoms with Crippen LogP contribution in [-0.4, -0.2) is 30.7 Å². The molecular weight excluding hydrogens is 264 g/mol. The first-order valence-corrected chi connectivity index (χ1v) is 6.60. The lowest BCUT2D eigenvalue weighted by Gasteiger charge is -2.12. The Kier molecular flexibility index (Phi) is 4.66. The highest BCUT2D eigenvalue weighted by Crippen LogP contribution is 2.12. The predicted octanol–water partition coefficient (Wildman–Crippen LogP) is 2.30. The SMILES string of the molecule is CC(=NNC(=O)c1ccc(N(C)C)cc1)c1ccncc1. The molecule has 0 saturated carbocycles. The fourth-order valence-electron chi connectivity index (χ4n) is 1.77. The van der Waals surface area contributed by atoms with Gasteiger partial charge in [-0.05, 0) is 43.3 Å². The van der Waals surface area contributed by atoms with Crippen LogP contribution in [0.5, 0.6) is 0 Å². The van der Waals surface area contributed by atoms with Gasteiger partial charge >= 0.3 is 0 Å². The summed E-state index contributed by atoms with van der Waals surface area (Å²) in [5, 5.41) is 4.11. The Labute approximate surface area is 124 Å². The number of carbonyl (C=O) groups excluding carboxylic acids is 1. The van der Waals surface area contributed by atoms with E-state index in [1.165, 1.54) is 0 Å². The number of carbonyl (C=O) groups is 1. The van der Waals surface area contributed by atoms with Gasteiger partial charge in [0.25, 0.3) is 5.91 Å². The van der Waals surface area contributed by atoms with E-state index in [9.17, 15) is 4.79 Å². The van der Waals surface area contributed by atoms with Gasteiger partial charge in [-0.1, -0.05) is 0 Å². The molecule has 1 aromatic carbocycles. The molecule has 1 heterocycles. The number of hydrogen-bond acceptors (Lipinski definition) is 4. The predicted molar refractivity (Wildman–Crippen MR) is 84.7 cm³/mol. The Bertz CT molecular complexity index is 633. The maximum atomic E-state index is 12.0. The molecule has 0 unspecified atom stereocenters. The normalized spacial score (nSPS) is 11.1. The molecule has 0 aliphatic heterocycles. The smallest absolute Gasteiger partial charge is 0.271 e. The van der Waals surface area contributed by atoms with E-state index in [1.54, 1.807) is 24.5 Å². The number of hydrazone groups is 1. The molecule has 0 radical (unpaired) electrons. The maximum absolute atomic E-state index is 12.0. The van der Waals surface area contributed by atoms with E-state index in [0.29, 0.717) is 5.56 Å². The number of amides is 1. The number of pyridine rings is 1. The van der Waals surface area contributed by atoms with Crippen molar-refractivity contribution in [2.45, 2.75) is 6.92 Å². The number of anilines is 1. The van der Waals surface area contributed by atoms with Gasteiger partial charge in [0.05, 0.1) is 5.71 Å². The van der Waals surface area contributed by atoms with Crippen molar-refractivity contribution in [1.29, 1.82) is 0 Å². The summed E-state index contributed by atoms with van der Waals surface area (Å²) in [4.78, 5) is 17.9. The topological polar surface area (TPSA) is 57.6 Å². The highest BCUT2D eigenvalue weighted by molar-refractivity contribution is 6.00. The molecule has 0 atom stereocenters. The van der Waals surface area contributed by atoms with Crippen molar-refractivity contribution in [1.82, 2.24) is 10.4 Å². The van der Waals surface area contributed by atoms with Crippen LogP contribution in [0.4, 0.5) is 5.69 Å². The number of benzene rings is 1. The molecular formula is C16H18N4O. The quantitative estimate of drug-likeness (QED) is 0.691. The molecule has 1 aromatic heterocycles. The van der Waals surface area contributed by atoms with Crippen molar-refractivity contribution in [3.05, 3.63) is 59.9 Å². The molecule has 0 aliphatic rings. The van der Waals surface area contributed by atoms with Crippen molar-refractivity contribution in [2.24, 2.45) is 5.10 Å². The van der Waals surface area contributed by atoms with Gasteiger partial charge in [-0.3, -0.25) is 9.78 Å². The largest absolute Gasteiger partial charge is 0.378 e. The van der Waals surface area contributed by atoms with Gasteiger partial charge in [0, 0.05) is 43.3 Å². The number of aromatic nitrogens is 1. The monoisotopic (exact) mass is 282 g/mol. The first kappa shape index (κ1) is 14.7. The third-order valence-electron chi connectivity index (χ3n) is 3.07. The standard InChI is InChI=1S/C16H18N4O/c1-12(13-8-10-17-11-9-13)18-19-16(21)14-4-6-15(7-5-14)20(2)3/h4-11H,1-3H3,(H,19,21). The lowest BCUT2D eigenvalue weighted by Crippen LogP contribution is -2.19. The molecule has 2 rings (SSSR count). The summed E-state index contributed by atoms with van der Waals surface area (Å²) in [6.45, 7) is 1.84. The Morgan fingerprint density at radius 3 is 2.24 bits per heavy atom. The molecule has 0 fully saturated rings. The lowest BCUT2D eigenvalue weighted by atomic mass is 10.2. The van der Waals surface area contributed by atoms with E-state index in [-0.39, 0.29) is 5.91 Å². The van der Waals surface area contributed by atoms with E-state index in [2.05, 4.69) is 15.5 Å². The summed E-state index contributed by atoms with van der Waals surface area (Å²) in [6.07, 6.45) is 3.38. The van der Waals surface area contributed by atoms with Crippen molar-refractivity contribution in [3.63, 3.8) is 0 Å². The molecule has 0 bridgehead atoms. The summed E-state index contributed by atoms with van der Waals surface area (Å²) < 4.78 is 0. The van der Waals surface area contributed by atoms with Crippen molar-refractivity contribution in [3.8, 4) is 0 Å². The lowest BCUT2D eigenvalue weighted by molar-refractivity contribution is 0.0955. The van der Waals surface area contributed by atoms with Crippen LogP contribution in [0.1, 0.15) is 22.8 Å². The van der Waals surface area contributed by atoms with E-state index in [0.717, 1.165) is 17.0 Å². The van der Waals surface area contributed by atoms with Gasteiger partial charge in [-0.2, -0.15) is 5.10 Å². The zero-order chi connectivity index (χ0) is 15.2. The van der Waals surface area contributed by atoms with Gasteiger partial charge in [-0.25, -0.2) is 5.43 Å². The molecule has 21 heavy (non-hydrogen) atoms. The van der Waals surface area contributed by atoms with E-state index < -0.39 is 0 Å². The molecule has 0 spiro atoms. The minimum absolute atomic E-state index is 0.228. The molecule has 0 saturated heterocycles. The van der Waals surface area contributed by atoms with Gasteiger partial charge in [0.1, 0.15) is 0 Å². The highest BCUT2D eigenvalue weighted by Gasteiger charge is 2.05. The van der Waals surface area contributed by atoms with Crippen LogP contribution in [-0.2, 0) is 0 Å². The van der Waals surface area contributed by atoms with E-state index in [1.807, 2.05) is 50.2 Å². The third kappa shape index (κ3) is 3.89. The summed E-state index contributed by atoms with van der Waals surface area (Å²) >= 11 is 0. The van der Waals surface area contributed by atoms with Crippen LogP contribution in [0.3, 0.4) is 0 Å². The number of rotatable bonds is 4. The average molecular weight is 282 g/mol. The molecule has 1 N–H and O–H groups in total. The highest BCUT2D eigenvalue weighted by atomic mass is 16.2. The van der Waals surface area contributed by atoms with Gasteiger partial charge in [-0.15, -0.1) is 0 Å². The van der Waals surface area contributed by atoms with Gasteiger partial charge in [0.2, 0.25) is 0 Å². The first-order valence-electron chi connectivity index (χ1n) is 6.60. The second-order valence-corrected chi connectivity index (χ2v) is 4.82. The Balaban J connectivity index is 2.04. The second kappa shape index (κ2) is 6.65. The molecule has 5 heteroatoms. The van der Waals surface area contributed by atoms with Gasteiger partial charge in [0.15, 0.2) is 0 Å². The van der Waals surface area contributed by atoms with Crippen LogP contribution in [0, 0.1) is 0 Å². The maximum Gasteiger partial charge on any atom is 0.271 e. The number of nitrogens with zero attached hydrogens (tertiary/aromatic N) is 3. The van der Waals surface area contributed by atoms with E-state index in [4.69, 9.17) is 0 Å². The summed E-state index contributed by atoms with van der Waals surface area (Å²) in [7, 11) is 3.91. The minimum Gasteiger partial charge on any atom is -0.378 e. The molecule has 1 amide bonds. The minimum atomic E-state index is -0.228. The zero-order valence-corrected chi connectivity index (χ0v) is 12.4. The third-order valence-corrected chi connectivity index (χ3v) is 3.07. The Morgan fingerprint density at radius 1 is 1.05 bits per heavy atom. The average Bonchev–Trinajstić information content (AvgIpc) is 2.53. The van der Waals surface area contributed by atoms with Crippen molar-refractivity contribution < 1.29 is 4.79 Å². The Morgan fingerprint density at radius 2 is 1.67 bits per heavy atom. The van der Waals surface area contributed by atoms with Crippen LogP contribution < -0.4 is 10.3 Å². The fourth-order valence-corrected chi connectivity index (χ4v) is 1.77. The number of nitrogens with one attached hydrogen (secondary N) is 1. The molecule has 2 aromatic rings. The summed E-state index contributed by atoms with van der Waals surface area (Å²) in [6, 6.07) is 11.0. The second-order valence-electron chi connectivity index (χ2n) is 4.82. The number of hydrogen-bond donors (Lipinski definition) is 1. The van der Waals surface area contributed by atoms with Crippen LogP contribution in [0.15, 0.2) is 53.9 Å². The first-order chi connectivity index (χ1) is 10.1. The Hall–Kier alpha value is -2.69. The summed E-state index contributed by atoms with van der Waals surface area (Å²) in [5.41, 5.74) is 5.84. The molecule has 108 valence electrons. The van der Waals surface area contributed by atoms with Crippen molar-refractivity contribution >= 4 is 17.3 Å². The van der Waals surface area contributed by atoms with Crippen LogP contribution in [0.25, 0.3) is 0 Å². The zero-order valence-electron chi connectivity index (χ0n) is 12.4. The van der Waals surface area contributed by atoms with E-state index >= 15 is 0 Å². The van der Waals surface area contributed by atoms with Gasteiger partial charge < -0.3 is 4.90 Å². The summed E-state index contributed by atoms with van der Waals surface area (Å²) in [5.74, 6) is -0.228. The molecule has 5 nitrogen and oxygen atoms in total.